The predicted octanol–water partition coefficient (Wildman–Crippen LogP) is 4.54. The number of piperazine rings is 1. The first kappa shape index (κ1) is 25.4. The predicted molar refractivity (Wildman–Crippen MR) is 144 cm³/mol. The van der Waals surface area contributed by atoms with Crippen molar-refractivity contribution >= 4 is 23.2 Å². The lowest BCUT2D eigenvalue weighted by molar-refractivity contribution is -0.120. The van der Waals surface area contributed by atoms with Crippen molar-refractivity contribution in [2.75, 3.05) is 49.9 Å². The SMILES string of the molecule is CCc1ccccc1NC(=O)CN1CCN(CC(=O)Nc2ccc(Oc3cccc(C)c3)cc2)CC1. The van der Waals surface area contributed by atoms with E-state index in [0.29, 0.717) is 13.1 Å². The van der Waals surface area contributed by atoms with E-state index >= 15 is 0 Å². The second-order valence-corrected chi connectivity index (χ2v) is 9.10. The number of aryl methyl sites for hydroxylation is 2. The Morgan fingerprint density at radius 3 is 2.06 bits per heavy atom. The second-order valence-electron chi connectivity index (χ2n) is 9.10. The summed E-state index contributed by atoms with van der Waals surface area (Å²) in [5, 5.41) is 5.99. The van der Waals surface area contributed by atoms with Crippen LogP contribution >= 0.6 is 0 Å². The fourth-order valence-electron chi connectivity index (χ4n) is 4.27. The van der Waals surface area contributed by atoms with Crippen LogP contribution in [0.5, 0.6) is 11.5 Å². The summed E-state index contributed by atoms with van der Waals surface area (Å²) in [7, 11) is 0. The summed E-state index contributed by atoms with van der Waals surface area (Å²) < 4.78 is 5.87. The van der Waals surface area contributed by atoms with Crippen LogP contribution < -0.4 is 15.4 Å². The highest BCUT2D eigenvalue weighted by atomic mass is 16.5. The molecule has 0 radical (unpaired) electrons. The standard InChI is InChI=1S/C29H34N4O3/c1-3-23-8-4-5-10-27(23)31-29(35)21-33-17-15-32(16-18-33)20-28(34)30-24-11-13-25(14-12-24)36-26-9-6-7-22(2)19-26/h4-14,19H,3,15-18,20-21H2,1-2H3,(H,30,34)(H,31,35). The summed E-state index contributed by atoms with van der Waals surface area (Å²) in [5.74, 6) is 1.45. The third-order valence-electron chi connectivity index (χ3n) is 6.24. The Bertz CT molecular complexity index is 1170. The topological polar surface area (TPSA) is 73.9 Å². The average Bonchev–Trinajstić information content (AvgIpc) is 2.87. The first-order valence-electron chi connectivity index (χ1n) is 12.5. The Labute approximate surface area is 213 Å². The Hall–Kier alpha value is -3.68. The van der Waals surface area contributed by atoms with E-state index < -0.39 is 0 Å². The van der Waals surface area contributed by atoms with Crippen LogP contribution in [0.2, 0.25) is 0 Å². The van der Waals surface area contributed by atoms with Gasteiger partial charge in [0.25, 0.3) is 0 Å². The van der Waals surface area contributed by atoms with E-state index in [4.69, 9.17) is 4.74 Å². The summed E-state index contributed by atoms with van der Waals surface area (Å²) in [4.78, 5) is 29.3. The third-order valence-corrected chi connectivity index (χ3v) is 6.24. The van der Waals surface area contributed by atoms with Crippen molar-refractivity contribution in [2.24, 2.45) is 0 Å². The van der Waals surface area contributed by atoms with E-state index in [1.54, 1.807) is 0 Å². The molecule has 0 aromatic heterocycles. The van der Waals surface area contributed by atoms with Gasteiger partial charge in [0.2, 0.25) is 11.8 Å². The van der Waals surface area contributed by atoms with Crippen LogP contribution in [0.25, 0.3) is 0 Å². The molecule has 36 heavy (non-hydrogen) atoms. The third kappa shape index (κ3) is 7.41. The largest absolute Gasteiger partial charge is 0.457 e. The maximum Gasteiger partial charge on any atom is 0.238 e. The highest BCUT2D eigenvalue weighted by Gasteiger charge is 2.21. The van der Waals surface area contributed by atoms with Gasteiger partial charge in [-0.25, -0.2) is 0 Å². The Morgan fingerprint density at radius 1 is 0.778 bits per heavy atom. The van der Waals surface area contributed by atoms with E-state index in [1.165, 1.54) is 0 Å². The van der Waals surface area contributed by atoms with Crippen LogP contribution in [0.15, 0.2) is 72.8 Å². The quantitative estimate of drug-likeness (QED) is 0.464. The molecule has 4 rings (SSSR count). The number of para-hydroxylation sites is 1. The molecule has 0 spiro atoms. The smallest absolute Gasteiger partial charge is 0.238 e. The fraction of sp³-hybridized carbons (Fsp3) is 0.310. The molecule has 0 unspecified atom stereocenters. The Balaban J connectivity index is 1.18. The van der Waals surface area contributed by atoms with Crippen molar-refractivity contribution in [1.29, 1.82) is 0 Å². The molecule has 1 saturated heterocycles. The number of amides is 2. The lowest BCUT2D eigenvalue weighted by atomic mass is 10.1. The number of carbonyl (C=O) groups excluding carboxylic acids is 2. The number of nitrogens with one attached hydrogen (secondary N) is 2. The van der Waals surface area contributed by atoms with Crippen LogP contribution in [0.3, 0.4) is 0 Å². The van der Waals surface area contributed by atoms with E-state index in [9.17, 15) is 9.59 Å². The van der Waals surface area contributed by atoms with Gasteiger partial charge in [-0.3, -0.25) is 19.4 Å². The maximum atomic E-state index is 12.6. The molecular formula is C29H34N4O3. The number of rotatable bonds is 9. The molecule has 7 heteroatoms. The van der Waals surface area contributed by atoms with E-state index in [0.717, 1.165) is 66.6 Å². The van der Waals surface area contributed by atoms with Crippen LogP contribution in [-0.4, -0.2) is 60.9 Å². The van der Waals surface area contributed by atoms with Gasteiger partial charge in [-0.1, -0.05) is 37.3 Å². The minimum atomic E-state index is -0.0512. The zero-order valence-electron chi connectivity index (χ0n) is 21.0. The van der Waals surface area contributed by atoms with Gasteiger partial charge in [0.1, 0.15) is 11.5 Å². The van der Waals surface area contributed by atoms with Gasteiger partial charge >= 0.3 is 0 Å². The molecule has 1 heterocycles. The minimum Gasteiger partial charge on any atom is -0.457 e. The van der Waals surface area contributed by atoms with Crippen molar-refractivity contribution in [3.05, 3.63) is 83.9 Å². The Morgan fingerprint density at radius 2 is 1.42 bits per heavy atom. The minimum absolute atomic E-state index is 0.00285. The van der Waals surface area contributed by atoms with E-state index in [1.807, 2.05) is 79.7 Å². The zero-order valence-corrected chi connectivity index (χ0v) is 21.0. The van der Waals surface area contributed by atoms with Gasteiger partial charge in [-0.2, -0.15) is 0 Å². The molecule has 3 aromatic carbocycles. The van der Waals surface area contributed by atoms with Crippen molar-refractivity contribution in [1.82, 2.24) is 9.80 Å². The second kappa shape index (κ2) is 12.3. The van der Waals surface area contributed by atoms with Crippen LogP contribution in [-0.2, 0) is 16.0 Å². The molecule has 1 fully saturated rings. The van der Waals surface area contributed by atoms with E-state index in [-0.39, 0.29) is 11.8 Å². The van der Waals surface area contributed by atoms with Gasteiger partial charge in [0.15, 0.2) is 0 Å². The molecule has 0 saturated carbocycles. The number of ether oxygens (including phenoxy) is 1. The lowest BCUT2D eigenvalue weighted by Gasteiger charge is -2.33. The monoisotopic (exact) mass is 486 g/mol. The van der Waals surface area contributed by atoms with Gasteiger partial charge < -0.3 is 15.4 Å². The number of carbonyl (C=O) groups is 2. The van der Waals surface area contributed by atoms with Crippen LogP contribution in [0.4, 0.5) is 11.4 Å². The molecule has 7 nitrogen and oxygen atoms in total. The number of hydrogen-bond acceptors (Lipinski definition) is 5. The van der Waals surface area contributed by atoms with Crippen molar-refractivity contribution in [3.8, 4) is 11.5 Å². The highest BCUT2D eigenvalue weighted by Crippen LogP contribution is 2.23. The van der Waals surface area contributed by atoms with Crippen molar-refractivity contribution in [3.63, 3.8) is 0 Å². The van der Waals surface area contributed by atoms with Gasteiger partial charge in [0.05, 0.1) is 13.1 Å². The molecule has 2 amide bonds. The molecule has 0 aliphatic carbocycles. The van der Waals surface area contributed by atoms with Crippen molar-refractivity contribution in [2.45, 2.75) is 20.3 Å². The van der Waals surface area contributed by atoms with Crippen LogP contribution in [0.1, 0.15) is 18.1 Å². The van der Waals surface area contributed by atoms with Gasteiger partial charge in [-0.05, 0) is 66.9 Å². The van der Waals surface area contributed by atoms with Gasteiger partial charge in [-0.15, -0.1) is 0 Å². The molecule has 1 aliphatic rings. The normalized spacial score (nSPS) is 14.3. The summed E-state index contributed by atoms with van der Waals surface area (Å²) in [6.07, 6.45) is 0.878. The molecular weight excluding hydrogens is 452 g/mol. The summed E-state index contributed by atoms with van der Waals surface area (Å²) in [6.45, 7) is 7.78. The number of nitrogens with zero attached hydrogens (tertiary/aromatic N) is 2. The molecule has 0 bridgehead atoms. The fourth-order valence-corrected chi connectivity index (χ4v) is 4.27. The molecule has 3 aromatic rings. The molecule has 2 N–H and O–H groups in total. The van der Waals surface area contributed by atoms with E-state index in [2.05, 4.69) is 27.4 Å². The molecule has 188 valence electrons. The first-order chi connectivity index (χ1) is 17.5. The lowest BCUT2D eigenvalue weighted by Crippen LogP contribution is -2.50. The first-order valence-corrected chi connectivity index (χ1v) is 12.5. The Kier molecular flexibility index (Phi) is 8.71. The summed E-state index contributed by atoms with van der Waals surface area (Å²) in [5.41, 5.74) is 3.89. The zero-order chi connectivity index (χ0) is 25.3. The highest BCUT2D eigenvalue weighted by molar-refractivity contribution is 5.93. The summed E-state index contributed by atoms with van der Waals surface area (Å²) >= 11 is 0. The molecule has 0 atom stereocenters. The average molecular weight is 487 g/mol. The van der Waals surface area contributed by atoms with Crippen molar-refractivity contribution < 1.29 is 14.3 Å². The number of benzene rings is 3. The number of anilines is 2. The van der Waals surface area contributed by atoms with Gasteiger partial charge in [0, 0.05) is 37.6 Å². The maximum absolute atomic E-state index is 12.6. The summed E-state index contributed by atoms with van der Waals surface area (Å²) in [6, 6.07) is 23.2. The van der Waals surface area contributed by atoms with Crippen LogP contribution in [0, 0.1) is 6.92 Å². The number of hydrogen-bond donors (Lipinski definition) is 2. The molecule has 1 aliphatic heterocycles.